The third-order valence-electron chi connectivity index (χ3n) is 4.16. The number of hydrogen-bond acceptors (Lipinski definition) is 1. The molecule has 1 heteroatoms. The molecule has 0 atom stereocenters. The molecular formula is C19H20O. The highest BCUT2D eigenvalue weighted by molar-refractivity contribution is 5.97. The molecule has 0 fully saturated rings. The van der Waals surface area contributed by atoms with Crippen LogP contribution >= 0.6 is 0 Å². The summed E-state index contributed by atoms with van der Waals surface area (Å²) in [5, 5.41) is 0. The minimum atomic E-state index is 0.224. The fourth-order valence-corrected chi connectivity index (χ4v) is 2.90. The third-order valence-corrected chi connectivity index (χ3v) is 4.16. The van der Waals surface area contributed by atoms with Crippen molar-refractivity contribution in [1.29, 1.82) is 0 Å². The minimum absolute atomic E-state index is 0.224. The second-order valence-electron chi connectivity index (χ2n) is 5.78. The molecule has 2 aromatic rings. The lowest BCUT2D eigenvalue weighted by Gasteiger charge is -2.16. The van der Waals surface area contributed by atoms with Crippen molar-refractivity contribution < 1.29 is 4.79 Å². The first-order chi connectivity index (χ1) is 9.72. The molecule has 1 aliphatic rings. The maximum Gasteiger partial charge on any atom is 0.167 e. The molecule has 102 valence electrons. The number of carbonyl (C=O) groups excluding carboxylic acids is 1. The van der Waals surface area contributed by atoms with Gasteiger partial charge >= 0.3 is 0 Å². The van der Waals surface area contributed by atoms with Gasteiger partial charge in [-0.2, -0.15) is 0 Å². The topological polar surface area (TPSA) is 17.1 Å². The highest BCUT2D eigenvalue weighted by atomic mass is 16.1. The van der Waals surface area contributed by atoms with Gasteiger partial charge in [-0.3, -0.25) is 4.79 Å². The highest BCUT2D eigenvalue weighted by Gasteiger charge is 2.13. The molecule has 0 heterocycles. The molecule has 0 amide bonds. The predicted octanol–water partition coefficient (Wildman–Crippen LogP) is 4.30. The van der Waals surface area contributed by atoms with E-state index >= 15 is 0 Å². The van der Waals surface area contributed by atoms with E-state index in [0.29, 0.717) is 6.42 Å². The van der Waals surface area contributed by atoms with Crippen LogP contribution in [0, 0.1) is 6.92 Å². The van der Waals surface area contributed by atoms with Crippen LogP contribution in [0.5, 0.6) is 0 Å². The van der Waals surface area contributed by atoms with E-state index < -0.39 is 0 Å². The van der Waals surface area contributed by atoms with Crippen LogP contribution in [0.1, 0.15) is 45.5 Å². The lowest BCUT2D eigenvalue weighted by atomic mass is 9.89. The third kappa shape index (κ3) is 2.82. The quantitative estimate of drug-likeness (QED) is 0.755. The van der Waals surface area contributed by atoms with Crippen LogP contribution in [0.2, 0.25) is 0 Å². The molecular weight excluding hydrogens is 244 g/mol. The fraction of sp³-hybridized carbons (Fsp3) is 0.316. The van der Waals surface area contributed by atoms with Gasteiger partial charge in [0.1, 0.15) is 0 Å². The number of ketones is 1. The van der Waals surface area contributed by atoms with E-state index in [-0.39, 0.29) is 5.78 Å². The molecule has 3 rings (SSSR count). The standard InChI is InChI=1S/C19H20O/c1-14-6-8-15(9-7-14)12-19(20)18-11-10-16-4-2-3-5-17(16)13-18/h6-11,13H,2-5,12H2,1H3. The van der Waals surface area contributed by atoms with Crippen LogP contribution in [0.4, 0.5) is 0 Å². The van der Waals surface area contributed by atoms with Crippen molar-refractivity contribution in [3.05, 3.63) is 70.3 Å². The van der Waals surface area contributed by atoms with Gasteiger partial charge in [0.15, 0.2) is 5.78 Å². The number of carbonyl (C=O) groups is 1. The molecule has 0 unspecified atom stereocenters. The van der Waals surface area contributed by atoms with E-state index in [1.807, 2.05) is 18.2 Å². The molecule has 0 saturated carbocycles. The van der Waals surface area contributed by atoms with Crippen molar-refractivity contribution in [1.82, 2.24) is 0 Å². The zero-order chi connectivity index (χ0) is 13.9. The van der Waals surface area contributed by atoms with Crippen molar-refractivity contribution in [2.75, 3.05) is 0 Å². The van der Waals surface area contributed by atoms with E-state index in [0.717, 1.165) is 17.5 Å². The summed E-state index contributed by atoms with van der Waals surface area (Å²) in [7, 11) is 0. The van der Waals surface area contributed by atoms with Crippen molar-refractivity contribution in [2.24, 2.45) is 0 Å². The van der Waals surface area contributed by atoms with Crippen LogP contribution in [0.3, 0.4) is 0 Å². The van der Waals surface area contributed by atoms with Gasteiger partial charge in [-0.15, -0.1) is 0 Å². The number of fused-ring (bicyclic) bond motifs is 1. The van der Waals surface area contributed by atoms with Crippen LogP contribution in [0.25, 0.3) is 0 Å². The van der Waals surface area contributed by atoms with E-state index in [4.69, 9.17) is 0 Å². The first-order valence-corrected chi connectivity index (χ1v) is 7.43. The number of benzene rings is 2. The van der Waals surface area contributed by atoms with E-state index in [2.05, 4.69) is 31.2 Å². The SMILES string of the molecule is Cc1ccc(CC(=O)c2ccc3c(c2)CCCC3)cc1. The summed E-state index contributed by atoms with van der Waals surface area (Å²) in [5.74, 6) is 0.224. The van der Waals surface area contributed by atoms with Crippen molar-refractivity contribution in [3.63, 3.8) is 0 Å². The minimum Gasteiger partial charge on any atom is -0.294 e. The maximum atomic E-state index is 12.4. The molecule has 0 N–H and O–H groups in total. The molecule has 0 radical (unpaired) electrons. The Hall–Kier alpha value is -1.89. The molecule has 0 aliphatic heterocycles. The molecule has 0 aromatic heterocycles. The van der Waals surface area contributed by atoms with Gasteiger partial charge in [-0.1, -0.05) is 42.0 Å². The molecule has 20 heavy (non-hydrogen) atoms. The van der Waals surface area contributed by atoms with Crippen LogP contribution in [-0.4, -0.2) is 5.78 Å². The van der Waals surface area contributed by atoms with E-state index in [1.165, 1.54) is 36.0 Å². The summed E-state index contributed by atoms with van der Waals surface area (Å²) >= 11 is 0. The average Bonchev–Trinajstić information content (AvgIpc) is 2.49. The first kappa shape index (κ1) is 13.1. The van der Waals surface area contributed by atoms with Crippen molar-refractivity contribution in [2.45, 2.75) is 39.0 Å². The Morgan fingerprint density at radius 1 is 0.950 bits per heavy atom. The van der Waals surface area contributed by atoms with Gasteiger partial charge in [0.05, 0.1) is 0 Å². The summed E-state index contributed by atoms with van der Waals surface area (Å²) in [5.41, 5.74) is 6.01. The molecule has 0 saturated heterocycles. The second-order valence-corrected chi connectivity index (χ2v) is 5.78. The number of hydrogen-bond donors (Lipinski definition) is 0. The molecule has 1 nitrogen and oxygen atoms in total. The maximum absolute atomic E-state index is 12.4. The summed E-state index contributed by atoms with van der Waals surface area (Å²) in [6.45, 7) is 2.06. The Balaban J connectivity index is 1.78. The van der Waals surface area contributed by atoms with Gasteiger partial charge in [-0.05, 0) is 55.4 Å². The highest BCUT2D eigenvalue weighted by Crippen LogP contribution is 2.23. The zero-order valence-corrected chi connectivity index (χ0v) is 12.0. The van der Waals surface area contributed by atoms with E-state index in [1.54, 1.807) is 0 Å². The van der Waals surface area contributed by atoms with Gasteiger partial charge in [0.25, 0.3) is 0 Å². The largest absolute Gasteiger partial charge is 0.294 e. The summed E-state index contributed by atoms with van der Waals surface area (Å²) in [6.07, 6.45) is 5.33. The zero-order valence-electron chi connectivity index (χ0n) is 12.0. The van der Waals surface area contributed by atoms with Crippen molar-refractivity contribution >= 4 is 5.78 Å². The molecule has 1 aliphatic carbocycles. The normalized spacial score (nSPS) is 13.8. The fourth-order valence-electron chi connectivity index (χ4n) is 2.90. The van der Waals surface area contributed by atoms with Gasteiger partial charge < -0.3 is 0 Å². The van der Waals surface area contributed by atoms with Crippen molar-refractivity contribution in [3.8, 4) is 0 Å². The first-order valence-electron chi connectivity index (χ1n) is 7.43. The summed E-state index contributed by atoms with van der Waals surface area (Å²) < 4.78 is 0. The van der Waals surface area contributed by atoms with E-state index in [9.17, 15) is 4.79 Å². The number of rotatable bonds is 3. The van der Waals surface area contributed by atoms with Gasteiger partial charge in [0.2, 0.25) is 0 Å². The van der Waals surface area contributed by atoms with Crippen LogP contribution in [-0.2, 0) is 19.3 Å². The number of aryl methyl sites for hydroxylation is 3. The Labute approximate surface area is 120 Å². The Bertz CT molecular complexity index is 623. The Kier molecular flexibility index (Phi) is 3.68. The Morgan fingerprint density at radius 3 is 2.40 bits per heavy atom. The van der Waals surface area contributed by atoms with Crippen LogP contribution in [0.15, 0.2) is 42.5 Å². The average molecular weight is 264 g/mol. The second kappa shape index (κ2) is 5.62. The molecule has 0 bridgehead atoms. The number of Topliss-reactive ketones (excluding diaryl/α,β-unsaturated/α-hetero) is 1. The summed E-state index contributed by atoms with van der Waals surface area (Å²) in [6, 6.07) is 14.5. The lowest BCUT2D eigenvalue weighted by molar-refractivity contribution is 0.0993. The predicted molar refractivity (Wildman–Crippen MR) is 82.3 cm³/mol. The molecule has 2 aromatic carbocycles. The van der Waals surface area contributed by atoms with Crippen LogP contribution < -0.4 is 0 Å². The van der Waals surface area contributed by atoms with Gasteiger partial charge in [-0.25, -0.2) is 0 Å². The molecule has 0 spiro atoms. The van der Waals surface area contributed by atoms with Gasteiger partial charge in [0, 0.05) is 12.0 Å². The summed E-state index contributed by atoms with van der Waals surface area (Å²) in [4.78, 5) is 12.4. The monoisotopic (exact) mass is 264 g/mol. The Morgan fingerprint density at radius 2 is 1.65 bits per heavy atom. The lowest BCUT2D eigenvalue weighted by Crippen LogP contribution is -2.08. The smallest absolute Gasteiger partial charge is 0.167 e.